The van der Waals surface area contributed by atoms with Crippen molar-refractivity contribution in [3.05, 3.63) is 0 Å². The molecule has 0 rings (SSSR count). The molecule has 0 atom stereocenters. The lowest BCUT2D eigenvalue weighted by atomic mass is 10.1. The Morgan fingerprint density at radius 3 is 2.31 bits per heavy atom. The van der Waals surface area contributed by atoms with E-state index in [1.807, 2.05) is 14.0 Å². The van der Waals surface area contributed by atoms with Crippen LogP contribution in [0.3, 0.4) is 0 Å². The number of hydrogen-bond acceptors (Lipinski definition) is 2. The van der Waals surface area contributed by atoms with Crippen LogP contribution in [0.4, 0.5) is 0 Å². The zero-order valence-corrected chi connectivity index (χ0v) is 9.48. The normalized spacial score (nSPS) is 11.5. The number of rotatable bonds is 4. The Morgan fingerprint density at radius 1 is 1.38 bits per heavy atom. The molecule has 0 radical (unpaired) electrons. The third-order valence-electron chi connectivity index (χ3n) is 1.89. The molecule has 0 aromatic heterocycles. The quantitative estimate of drug-likeness (QED) is 0.716. The maximum Gasteiger partial charge on any atom is 0.223 e. The van der Waals surface area contributed by atoms with Crippen LogP contribution in [-0.2, 0) is 4.79 Å². The van der Waals surface area contributed by atoms with Gasteiger partial charge in [-0.1, -0.05) is 0 Å². The van der Waals surface area contributed by atoms with Crippen LogP contribution in [0.5, 0.6) is 0 Å². The van der Waals surface area contributed by atoms with E-state index in [1.165, 1.54) is 0 Å². The summed E-state index contributed by atoms with van der Waals surface area (Å²) in [5.41, 5.74) is 0.102. The third-order valence-corrected chi connectivity index (χ3v) is 1.89. The Kier molecular flexibility index (Phi) is 4.99. The number of amides is 1. The van der Waals surface area contributed by atoms with Gasteiger partial charge in [0.1, 0.15) is 0 Å². The molecule has 1 N–H and O–H groups in total. The van der Waals surface area contributed by atoms with Gasteiger partial charge in [0.2, 0.25) is 5.91 Å². The summed E-state index contributed by atoms with van der Waals surface area (Å²) < 4.78 is 0. The van der Waals surface area contributed by atoms with Crippen molar-refractivity contribution in [2.45, 2.75) is 39.7 Å². The molecule has 0 spiro atoms. The fourth-order valence-electron chi connectivity index (χ4n) is 0.912. The Balaban J connectivity index is 3.60. The van der Waals surface area contributed by atoms with Crippen LogP contribution >= 0.6 is 0 Å². The van der Waals surface area contributed by atoms with E-state index in [4.69, 9.17) is 0 Å². The number of carbonyl (C=O) groups excluding carboxylic acids is 1. The van der Waals surface area contributed by atoms with Gasteiger partial charge in [-0.25, -0.2) is 0 Å². The van der Waals surface area contributed by atoms with E-state index in [1.54, 1.807) is 4.90 Å². The standard InChI is InChI=1S/C10H22N2O/c1-6-12(5)9(13)7-8-11-10(2,3)4/h11H,6-8H2,1-5H3. The predicted molar refractivity (Wildman–Crippen MR) is 55.7 cm³/mol. The zero-order valence-electron chi connectivity index (χ0n) is 9.48. The van der Waals surface area contributed by atoms with E-state index < -0.39 is 0 Å². The van der Waals surface area contributed by atoms with Gasteiger partial charge in [-0.3, -0.25) is 4.79 Å². The van der Waals surface area contributed by atoms with Gasteiger partial charge in [-0.05, 0) is 27.7 Å². The number of nitrogens with one attached hydrogen (secondary N) is 1. The lowest BCUT2D eigenvalue weighted by Crippen LogP contribution is -2.38. The highest BCUT2D eigenvalue weighted by molar-refractivity contribution is 5.75. The summed E-state index contributed by atoms with van der Waals surface area (Å²) in [4.78, 5) is 13.1. The first-order chi connectivity index (χ1) is 5.87. The SMILES string of the molecule is CCN(C)C(=O)CCNC(C)(C)C. The highest BCUT2D eigenvalue weighted by Gasteiger charge is 2.10. The summed E-state index contributed by atoms with van der Waals surface area (Å²) in [6.45, 7) is 9.82. The second kappa shape index (κ2) is 5.22. The van der Waals surface area contributed by atoms with Crippen molar-refractivity contribution in [2.24, 2.45) is 0 Å². The third kappa shape index (κ3) is 6.58. The summed E-state index contributed by atoms with van der Waals surface area (Å²) in [5.74, 6) is 0.208. The first kappa shape index (κ1) is 12.4. The van der Waals surface area contributed by atoms with Crippen LogP contribution in [0.15, 0.2) is 0 Å². The molecule has 0 aliphatic rings. The molecule has 0 saturated heterocycles. The van der Waals surface area contributed by atoms with E-state index >= 15 is 0 Å². The molecule has 0 unspecified atom stereocenters. The van der Waals surface area contributed by atoms with E-state index in [9.17, 15) is 4.79 Å². The lowest BCUT2D eigenvalue weighted by Gasteiger charge is -2.21. The summed E-state index contributed by atoms with van der Waals surface area (Å²) in [6, 6.07) is 0. The first-order valence-electron chi connectivity index (χ1n) is 4.86. The number of carbonyl (C=O) groups is 1. The van der Waals surface area contributed by atoms with Crippen molar-refractivity contribution in [1.82, 2.24) is 10.2 Å². The van der Waals surface area contributed by atoms with Gasteiger partial charge < -0.3 is 10.2 Å². The Labute approximate surface area is 81.5 Å². The lowest BCUT2D eigenvalue weighted by molar-refractivity contribution is -0.129. The van der Waals surface area contributed by atoms with Crippen molar-refractivity contribution in [1.29, 1.82) is 0 Å². The van der Waals surface area contributed by atoms with Gasteiger partial charge in [0.05, 0.1) is 0 Å². The van der Waals surface area contributed by atoms with E-state index in [-0.39, 0.29) is 11.4 Å². The molecule has 0 aromatic carbocycles. The second-order valence-corrected chi connectivity index (χ2v) is 4.33. The molecular weight excluding hydrogens is 164 g/mol. The maximum atomic E-state index is 11.3. The summed E-state index contributed by atoms with van der Waals surface area (Å²) in [7, 11) is 1.83. The van der Waals surface area contributed by atoms with Crippen LogP contribution in [-0.4, -0.2) is 36.5 Å². The largest absolute Gasteiger partial charge is 0.346 e. The minimum atomic E-state index is 0.102. The second-order valence-electron chi connectivity index (χ2n) is 4.33. The summed E-state index contributed by atoms with van der Waals surface area (Å²) in [6.07, 6.45) is 0.585. The molecule has 0 bridgehead atoms. The Morgan fingerprint density at radius 2 is 1.92 bits per heavy atom. The highest BCUT2D eigenvalue weighted by atomic mass is 16.2. The summed E-state index contributed by atoms with van der Waals surface area (Å²) >= 11 is 0. The maximum absolute atomic E-state index is 11.3. The molecule has 0 aliphatic carbocycles. The van der Waals surface area contributed by atoms with Crippen molar-refractivity contribution >= 4 is 5.91 Å². The smallest absolute Gasteiger partial charge is 0.223 e. The van der Waals surface area contributed by atoms with Crippen LogP contribution in [0.1, 0.15) is 34.1 Å². The van der Waals surface area contributed by atoms with Gasteiger partial charge in [0.25, 0.3) is 0 Å². The molecule has 1 amide bonds. The Hall–Kier alpha value is -0.570. The molecule has 3 heteroatoms. The molecule has 0 fully saturated rings. The molecule has 0 aliphatic heterocycles. The molecule has 0 saturated carbocycles. The molecular formula is C10H22N2O. The summed E-state index contributed by atoms with van der Waals surface area (Å²) in [5, 5.41) is 3.28. The minimum Gasteiger partial charge on any atom is -0.346 e. The predicted octanol–water partition coefficient (Wildman–Crippen LogP) is 1.24. The van der Waals surface area contributed by atoms with Gasteiger partial charge in [-0.2, -0.15) is 0 Å². The van der Waals surface area contributed by atoms with Gasteiger partial charge in [-0.15, -0.1) is 0 Å². The number of hydrogen-bond donors (Lipinski definition) is 1. The van der Waals surface area contributed by atoms with Crippen molar-refractivity contribution in [2.75, 3.05) is 20.1 Å². The molecule has 0 aromatic rings. The van der Waals surface area contributed by atoms with Crippen LogP contribution < -0.4 is 5.32 Å². The van der Waals surface area contributed by atoms with Gasteiger partial charge in [0, 0.05) is 32.1 Å². The fraction of sp³-hybridized carbons (Fsp3) is 0.900. The van der Waals surface area contributed by atoms with Crippen LogP contribution in [0.25, 0.3) is 0 Å². The average Bonchev–Trinajstić information content (AvgIpc) is 2.00. The molecule has 0 heterocycles. The van der Waals surface area contributed by atoms with Gasteiger partial charge in [0.15, 0.2) is 0 Å². The Bertz CT molecular complexity index is 161. The van der Waals surface area contributed by atoms with Crippen molar-refractivity contribution < 1.29 is 4.79 Å². The molecule has 3 nitrogen and oxygen atoms in total. The van der Waals surface area contributed by atoms with Crippen LogP contribution in [0, 0.1) is 0 Å². The van der Waals surface area contributed by atoms with E-state index in [0.717, 1.165) is 13.1 Å². The molecule has 13 heavy (non-hydrogen) atoms. The first-order valence-corrected chi connectivity index (χ1v) is 4.86. The highest BCUT2D eigenvalue weighted by Crippen LogP contribution is 1.98. The number of nitrogens with zero attached hydrogens (tertiary/aromatic N) is 1. The van der Waals surface area contributed by atoms with E-state index in [0.29, 0.717) is 6.42 Å². The van der Waals surface area contributed by atoms with E-state index in [2.05, 4.69) is 26.1 Å². The van der Waals surface area contributed by atoms with Crippen molar-refractivity contribution in [3.63, 3.8) is 0 Å². The van der Waals surface area contributed by atoms with Crippen LogP contribution in [0.2, 0.25) is 0 Å². The van der Waals surface area contributed by atoms with Gasteiger partial charge >= 0.3 is 0 Å². The monoisotopic (exact) mass is 186 g/mol. The average molecular weight is 186 g/mol. The zero-order chi connectivity index (χ0) is 10.5. The molecule has 78 valence electrons. The van der Waals surface area contributed by atoms with Crippen molar-refractivity contribution in [3.8, 4) is 0 Å². The fourth-order valence-corrected chi connectivity index (χ4v) is 0.912. The minimum absolute atomic E-state index is 0.102. The topological polar surface area (TPSA) is 32.3 Å².